The first-order valence-electron chi connectivity index (χ1n) is 5.26. The fourth-order valence-corrected chi connectivity index (χ4v) is 1.44. The van der Waals surface area contributed by atoms with Gasteiger partial charge in [-0.3, -0.25) is 0 Å². The van der Waals surface area contributed by atoms with Gasteiger partial charge in [0.05, 0.1) is 19.0 Å². The molecule has 0 saturated heterocycles. The summed E-state index contributed by atoms with van der Waals surface area (Å²) < 4.78 is 10.5. The van der Waals surface area contributed by atoms with Gasteiger partial charge in [-0.25, -0.2) is 4.98 Å². The molecule has 0 aliphatic heterocycles. The molecular weight excluding hydrogens is 216 g/mol. The fourth-order valence-electron chi connectivity index (χ4n) is 1.44. The molecule has 1 aromatic carbocycles. The second-order valence-corrected chi connectivity index (χ2v) is 3.54. The average Bonchev–Trinajstić information content (AvgIpc) is 2.38. The number of nitrogen functional groups attached to an aromatic ring is 1. The molecule has 2 N–H and O–H groups in total. The summed E-state index contributed by atoms with van der Waals surface area (Å²) in [5.74, 6) is 1.05. The van der Waals surface area contributed by atoms with Crippen LogP contribution in [0.25, 0.3) is 0 Å². The van der Waals surface area contributed by atoms with E-state index in [9.17, 15) is 0 Å². The van der Waals surface area contributed by atoms with Crippen LogP contribution in [0, 0.1) is 0 Å². The van der Waals surface area contributed by atoms with Gasteiger partial charge in [0.1, 0.15) is 12.4 Å². The molecule has 17 heavy (non-hydrogen) atoms. The van der Waals surface area contributed by atoms with E-state index in [1.165, 1.54) is 7.11 Å². The van der Waals surface area contributed by atoms with Crippen LogP contribution < -0.4 is 15.2 Å². The molecule has 0 fully saturated rings. The van der Waals surface area contributed by atoms with Crippen molar-refractivity contribution in [2.24, 2.45) is 0 Å². The Morgan fingerprint density at radius 3 is 2.65 bits per heavy atom. The van der Waals surface area contributed by atoms with Gasteiger partial charge in [-0.05, 0) is 5.56 Å². The number of methoxy groups -OCH3 is 1. The van der Waals surface area contributed by atoms with Crippen molar-refractivity contribution in [1.29, 1.82) is 0 Å². The van der Waals surface area contributed by atoms with Gasteiger partial charge in [0, 0.05) is 6.07 Å². The van der Waals surface area contributed by atoms with E-state index in [2.05, 4.69) is 4.98 Å². The second-order valence-electron chi connectivity index (χ2n) is 3.54. The molecule has 0 aliphatic rings. The highest BCUT2D eigenvalue weighted by Crippen LogP contribution is 2.23. The predicted molar refractivity (Wildman–Crippen MR) is 66.0 cm³/mol. The van der Waals surface area contributed by atoms with Crippen LogP contribution in [0.5, 0.6) is 11.6 Å². The molecular formula is C13H14N2O2. The molecule has 0 radical (unpaired) electrons. The minimum absolute atomic E-state index is 0.414. The Balaban J connectivity index is 2.02. The molecule has 0 bridgehead atoms. The zero-order chi connectivity index (χ0) is 12.1. The van der Waals surface area contributed by atoms with Crippen LogP contribution in [-0.4, -0.2) is 12.1 Å². The Labute approximate surface area is 100 Å². The van der Waals surface area contributed by atoms with Crippen molar-refractivity contribution in [3.8, 4) is 11.6 Å². The van der Waals surface area contributed by atoms with Crippen molar-refractivity contribution >= 4 is 5.69 Å². The average molecular weight is 230 g/mol. The molecule has 0 spiro atoms. The first-order chi connectivity index (χ1) is 8.29. The Hall–Kier alpha value is -2.23. The maximum absolute atomic E-state index is 5.73. The molecule has 2 aromatic rings. The zero-order valence-corrected chi connectivity index (χ0v) is 9.59. The molecule has 0 saturated carbocycles. The standard InChI is InChI=1S/C13H14N2O2/c1-16-13-12(14)7-11(8-15-13)17-9-10-5-3-2-4-6-10/h2-8H,9,14H2,1H3. The fraction of sp³-hybridized carbons (Fsp3) is 0.154. The normalized spacial score (nSPS) is 9.94. The van der Waals surface area contributed by atoms with E-state index in [-0.39, 0.29) is 0 Å². The van der Waals surface area contributed by atoms with E-state index in [0.29, 0.717) is 23.9 Å². The van der Waals surface area contributed by atoms with Crippen molar-refractivity contribution < 1.29 is 9.47 Å². The van der Waals surface area contributed by atoms with Crippen molar-refractivity contribution in [3.63, 3.8) is 0 Å². The molecule has 0 aliphatic carbocycles. The number of anilines is 1. The van der Waals surface area contributed by atoms with Crippen LogP contribution in [-0.2, 0) is 6.61 Å². The number of hydrogen-bond acceptors (Lipinski definition) is 4. The van der Waals surface area contributed by atoms with Gasteiger partial charge in [0.2, 0.25) is 5.88 Å². The molecule has 2 rings (SSSR count). The van der Waals surface area contributed by atoms with Gasteiger partial charge in [-0.2, -0.15) is 0 Å². The first-order valence-corrected chi connectivity index (χ1v) is 5.26. The largest absolute Gasteiger partial charge is 0.487 e. The van der Waals surface area contributed by atoms with Crippen molar-refractivity contribution in [2.75, 3.05) is 12.8 Å². The lowest BCUT2D eigenvalue weighted by Gasteiger charge is -2.08. The van der Waals surface area contributed by atoms with Gasteiger partial charge in [0.15, 0.2) is 0 Å². The van der Waals surface area contributed by atoms with Gasteiger partial charge in [-0.1, -0.05) is 30.3 Å². The lowest BCUT2D eigenvalue weighted by Crippen LogP contribution is -1.99. The van der Waals surface area contributed by atoms with Crippen molar-refractivity contribution in [2.45, 2.75) is 6.61 Å². The molecule has 4 nitrogen and oxygen atoms in total. The molecule has 88 valence electrons. The lowest BCUT2D eigenvalue weighted by atomic mass is 10.2. The number of aromatic nitrogens is 1. The smallest absolute Gasteiger partial charge is 0.237 e. The third-order valence-corrected chi connectivity index (χ3v) is 2.30. The molecule has 4 heteroatoms. The topological polar surface area (TPSA) is 57.4 Å². The number of rotatable bonds is 4. The van der Waals surface area contributed by atoms with Gasteiger partial charge >= 0.3 is 0 Å². The number of hydrogen-bond donors (Lipinski definition) is 1. The maximum atomic E-state index is 5.73. The SMILES string of the molecule is COc1ncc(OCc2ccccc2)cc1N. The predicted octanol–water partition coefficient (Wildman–Crippen LogP) is 2.25. The van der Waals surface area contributed by atoms with E-state index in [1.54, 1.807) is 12.3 Å². The van der Waals surface area contributed by atoms with Crippen LogP contribution in [0.4, 0.5) is 5.69 Å². The summed E-state index contributed by atoms with van der Waals surface area (Å²) in [6, 6.07) is 11.6. The number of ether oxygens (including phenoxy) is 2. The third-order valence-electron chi connectivity index (χ3n) is 2.30. The molecule has 0 atom stereocenters. The number of benzene rings is 1. The summed E-state index contributed by atoms with van der Waals surface area (Å²) >= 11 is 0. The van der Waals surface area contributed by atoms with Gasteiger partial charge < -0.3 is 15.2 Å². The Kier molecular flexibility index (Phi) is 3.45. The first kappa shape index (κ1) is 11.3. The van der Waals surface area contributed by atoms with E-state index >= 15 is 0 Å². The summed E-state index contributed by atoms with van der Waals surface area (Å²) in [6.07, 6.45) is 1.60. The van der Waals surface area contributed by atoms with E-state index < -0.39 is 0 Å². The zero-order valence-electron chi connectivity index (χ0n) is 9.59. The molecule has 1 aromatic heterocycles. The minimum atomic E-state index is 0.414. The molecule has 0 unspecified atom stereocenters. The van der Waals surface area contributed by atoms with Crippen LogP contribution in [0.3, 0.4) is 0 Å². The van der Waals surface area contributed by atoms with Gasteiger partial charge in [0.25, 0.3) is 0 Å². The van der Waals surface area contributed by atoms with E-state index in [4.69, 9.17) is 15.2 Å². The third kappa shape index (κ3) is 2.87. The monoisotopic (exact) mass is 230 g/mol. The Morgan fingerprint density at radius 2 is 2.00 bits per heavy atom. The van der Waals surface area contributed by atoms with Crippen LogP contribution in [0.15, 0.2) is 42.6 Å². The molecule has 0 amide bonds. The van der Waals surface area contributed by atoms with Crippen LogP contribution in [0.2, 0.25) is 0 Å². The van der Waals surface area contributed by atoms with Crippen LogP contribution >= 0.6 is 0 Å². The summed E-state index contributed by atoms with van der Waals surface area (Å²) in [5.41, 5.74) is 7.30. The highest BCUT2D eigenvalue weighted by molar-refractivity contribution is 5.51. The second kappa shape index (κ2) is 5.21. The van der Waals surface area contributed by atoms with E-state index in [0.717, 1.165) is 5.56 Å². The minimum Gasteiger partial charge on any atom is -0.487 e. The van der Waals surface area contributed by atoms with Crippen LogP contribution in [0.1, 0.15) is 5.56 Å². The quantitative estimate of drug-likeness (QED) is 0.875. The highest BCUT2D eigenvalue weighted by Gasteiger charge is 2.03. The van der Waals surface area contributed by atoms with Gasteiger partial charge in [-0.15, -0.1) is 0 Å². The lowest BCUT2D eigenvalue weighted by molar-refractivity contribution is 0.303. The van der Waals surface area contributed by atoms with Crippen molar-refractivity contribution in [3.05, 3.63) is 48.2 Å². The summed E-state index contributed by atoms with van der Waals surface area (Å²) in [5, 5.41) is 0. The highest BCUT2D eigenvalue weighted by atomic mass is 16.5. The maximum Gasteiger partial charge on any atom is 0.237 e. The van der Waals surface area contributed by atoms with Crippen molar-refractivity contribution in [1.82, 2.24) is 4.98 Å². The summed E-state index contributed by atoms with van der Waals surface area (Å²) in [4.78, 5) is 4.04. The number of nitrogens with zero attached hydrogens (tertiary/aromatic N) is 1. The molecule has 1 heterocycles. The number of nitrogens with two attached hydrogens (primary N) is 1. The Morgan fingerprint density at radius 1 is 1.24 bits per heavy atom. The summed E-state index contributed by atoms with van der Waals surface area (Å²) in [6.45, 7) is 0.494. The Bertz CT molecular complexity index is 486. The number of pyridine rings is 1. The summed E-state index contributed by atoms with van der Waals surface area (Å²) in [7, 11) is 1.53. The van der Waals surface area contributed by atoms with E-state index in [1.807, 2.05) is 30.3 Å².